The molecule has 1 fully saturated rings. The van der Waals surface area contributed by atoms with Crippen LogP contribution in [-0.2, 0) is 0 Å². The maximum Gasteiger partial charge on any atom is 0.0866 e. The van der Waals surface area contributed by atoms with Crippen LogP contribution in [0, 0.1) is 25.2 Å². The second-order valence-corrected chi connectivity index (χ2v) is 5.39. The van der Waals surface area contributed by atoms with Crippen LogP contribution in [0.5, 0.6) is 0 Å². The lowest BCUT2D eigenvalue weighted by molar-refractivity contribution is 0.208. The van der Waals surface area contributed by atoms with E-state index in [1.165, 1.54) is 16.7 Å². The topological polar surface area (TPSA) is 53.0 Å². The van der Waals surface area contributed by atoms with Crippen molar-refractivity contribution in [1.29, 1.82) is 5.26 Å². The molecule has 2 atom stereocenters. The molecule has 0 saturated carbocycles. The standard InChI is InChI=1S/C15H21N3/c1-11-3-4-13(7-12(11)2)14-8-15(17)10-18(9-14)6-5-16/h3-4,7,14-15H,6,8-10,17H2,1-2H3. The molecule has 0 bridgehead atoms. The summed E-state index contributed by atoms with van der Waals surface area (Å²) in [6, 6.07) is 9.05. The monoisotopic (exact) mass is 243 g/mol. The minimum atomic E-state index is 0.179. The van der Waals surface area contributed by atoms with Gasteiger partial charge in [0.2, 0.25) is 0 Å². The Hall–Kier alpha value is -1.37. The summed E-state index contributed by atoms with van der Waals surface area (Å²) in [7, 11) is 0. The van der Waals surface area contributed by atoms with Crippen molar-refractivity contribution in [3.8, 4) is 6.07 Å². The predicted octanol–water partition coefficient (Wildman–Crippen LogP) is 1.94. The summed E-state index contributed by atoms with van der Waals surface area (Å²) in [6.07, 6.45) is 1.02. The van der Waals surface area contributed by atoms with Crippen LogP contribution in [-0.4, -0.2) is 30.6 Å². The maximum absolute atomic E-state index is 8.81. The van der Waals surface area contributed by atoms with E-state index >= 15 is 0 Å². The molecule has 3 nitrogen and oxygen atoms in total. The van der Waals surface area contributed by atoms with Crippen LogP contribution in [0.2, 0.25) is 0 Å². The molecule has 1 aromatic carbocycles. The molecule has 0 aromatic heterocycles. The summed E-state index contributed by atoms with van der Waals surface area (Å²) in [6.45, 7) is 6.55. The third-order valence-corrected chi connectivity index (χ3v) is 3.86. The highest BCUT2D eigenvalue weighted by molar-refractivity contribution is 5.32. The zero-order valence-electron chi connectivity index (χ0n) is 11.2. The van der Waals surface area contributed by atoms with E-state index in [4.69, 9.17) is 11.0 Å². The summed E-state index contributed by atoms with van der Waals surface area (Å²) in [4.78, 5) is 2.16. The fourth-order valence-electron chi connectivity index (χ4n) is 2.72. The van der Waals surface area contributed by atoms with Crippen LogP contribution in [0.4, 0.5) is 0 Å². The Morgan fingerprint density at radius 2 is 2.11 bits per heavy atom. The normalized spacial score (nSPS) is 24.8. The van der Waals surface area contributed by atoms with Gasteiger partial charge in [-0.25, -0.2) is 0 Å². The van der Waals surface area contributed by atoms with Gasteiger partial charge >= 0.3 is 0 Å². The van der Waals surface area contributed by atoms with Crippen LogP contribution in [0.15, 0.2) is 18.2 Å². The number of hydrogen-bond acceptors (Lipinski definition) is 3. The molecular weight excluding hydrogens is 222 g/mol. The maximum atomic E-state index is 8.81. The Morgan fingerprint density at radius 1 is 1.33 bits per heavy atom. The van der Waals surface area contributed by atoms with E-state index in [9.17, 15) is 0 Å². The van der Waals surface area contributed by atoms with Crippen LogP contribution in [0.1, 0.15) is 29.0 Å². The second-order valence-electron chi connectivity index (χ2n) is 5.39. The van der Waals surface area contributed by atoms with Gasteiger partial charge in [-0.05, 0) is 42.9 Å². The van der Waals surface area contributed by atoms with Gasteiger partial charge in [-0.3, -0.25) is 4.90 Å². The largest absolute Gasteiger partial charge is 0.327 e. The minimum absolute atomic E-state index is 0.179. The van der Waals surface area contributed by atoms with Crippen molar-refractivity contribution >= 4 is 0 Å². The molecule has 1 aliphatic rings. The van der Waals surface area contributed by atoms with Crippen molar-refractivity contribution in [3.05, 3.63) is 34.9 Å². The van der Waals surface area contributed by atoms with E-state index in [-0.39, 0.29) is 6.04 Å². The van der Waals surface area contributed by atoms with Crippen LogP contribution >= 0.6 is 0 Å². The van der Waals surface area contributed by atoms with E-state index in [0.717, 1.165) is 19.5 Å². The van der Waals surface area contributed by atoms with Gasteiger partial charge in [-0.1, -0.05) is 18.2 Å². The molecule has 0 aliphatic carbocycles. The first-order chi connectivity index (χ1) is 8.60. The number of piperidine rings is 1. The molecule has 1 heterocycles. The van der Waals surface area contributed by atoms with Crippen molar-refractivity contribution in [2.75, 3.05) is 19.6 Å². The quantitative estimate of drug-likeness (QED) is 0.808. The smallest absolute Gasteiger partial charge is 0.0866 e. The number of likely N-dealkylation sites (tertiary alicyclic amines) is 1. The number of nitriles is 1. The molecule has 2 rings (SSSR count). The second kappa shape index (κ2) is 5.51. The number of benzene rings is 1. The highest BCUT2D eigenvalue weighted by Crippen LogP contribution is 2.27. The van der Waals surface area contributed by atoms with Crippen LogP contribution < -0.4 is 5.73 Å². The minimum Gasteiger partial charge on any atom is -0.327 e. The van der Waals surface area contributed by atoms with Gasteiger partial charge in [-0.2, -0.15) is 5.26 Å². The number of hydrogen-bond donors (Lipinski definition) is 1. The third-order valence-electron chi connectivity index (χ3n) is 3.86. The van der Waals surface area contributed by atoms with Crippen molar-refractivity contribution in [2.24, 2.45) is 5.73 Å². The summed E-state index contributed by atoms with van der Waals surface area (Å²) >= 11 is 0. The first-order valence-corrected chi connectivity index (χ1v) is 6.52. The number of nitrogens with two attached hydrogens (primary N) is 1. The Morgan fingerprint density at radius 3 is 2.78 bits per heavy atom. The number of aryl methyl sites for hydroxylation is 2. The Bertz CT molecular complexity index is 461. The van der Waals surface area contributed by atoms with Crippen molar-refractivity contribution in [1.82, 2.24) is 4.90 Å². The SMILES string of the molecule is Cc1ccc(C2CC(N)CN(CC#N)C2)cc1C. The van der Waals surface area contributed by atoms with Gasteiger partial charge in [0, 0.05) is 19.1 Å². The Kier molecular flexibility index (Phi) is 4.00. The average Bonchev–Trinajstić information content (AvgIpc) is 2.32. The zero-order chi connectivity index (χ0) is 13.1. The van der Waals surface area contributed by atoms with Gasteiger partial charge in [-0.15, -0.1) is 0 Å². The molecule has 1 aromatic rings. The highest BCUT2D eigenvalue weighted by Gasteiger charge is 2.26. The third kappa shape index (κ3) is 2.90. The fraction of sp³-hybridized carbons (Fsp3) is 0.533. The summed E-state index contributed by atoms with van der Waals surface area (Å²) in [5.74, 6) is 0.460. The molecule has 2 N–H and O–H groups in total. The van der Waals surface area contributed by atoms with Crippen molar-refractivity contribution < 1.29 is 0 Å². The van der Waals surface area contributed by atoms with Crippen LogP contribution in [0.3, 0.4) is 0 Å². The first-order valence-electron chi connectivity index (χ1n) is 6.52. The van der Waals surface area contributed by atoms with E-state index in [1.807, 2.05) is 0 Å². The number of rotatable bonds is 2. The van der Waals surface area contributed by atoms with E-state index in [2.05, 4.69) is 43.0 Å². The van der Waals surface area contributed by atoms with Crippen molar-refractivity contribution in [2.45, 2.75) is 32.2 Å². The van der Waals surface area contributed by atoms with Gasteiger partial charge in [0.15, 0.2) is 0 Å². The molecule has 0 spiro atoms. The highest BCUT2D eigenvalue weighted by atomic mass is 15.1. The molecule has 0 amide bonds. The van der Waals surface area contributed by atoms with E-state index < -0.39 is 0 Å². The fourth-order valence-corrected chi connectivity index (χ4v) is 2.72. The molecule has 1 aliphatic heterocycles. The van der Waals surface area contributed by atoms with E-state index in [1.54, 1.807) is 0 Å². The average molecular weight is 243 g/mol. The molecule has 3 heteroatoms. The molecule has 0 radical (unpaired) electrons. The summed E-state index contributed by atoms with van der Waals surface area (Å²) in [5, 5.41) is 8.81. The molecule has 2 unspecified atom stereocenters. The van der Waals surface area contributed by atoms with Crippen LogP contribution in [0.25, 0.3) is 0 Å². The molecule has 18 heavy (non-hydrogen) atoms. The number of nitrogens with zero attached hydrogens (tertiary/aromatic N) is 2. The molecule has 96 valence electrons. The molecular formula is C15H21N3. The van der Waals surface area contributed by atoms with Crippen molar-refractivity contribution in [3.63, 3.8) is 0 Å². The predicted molar refractivity (Wildman–Crippen MR) is 73.3 cm³/mol. The lowest BCUT2D eigenvalue weighted by atomic mass is 9.87. The zero-order valence-corrected chi connectivity index (χ0v) is 11.2. The van der Waals surface area contributed by atoms with Gasteiger partial charge in [0.05, 0.1) is 12.6 Å². The lowest BCUT2D eigenvalue weighted by Crippen LogP contribution is -2.46. The summed E-state index contributed by atoms with van der Waals surface area (Å²) < 4.78 is 0. The lowest BCUT2D eigenvalue weighted by Gasteiger charge is -2.35. The van der Waals surface area contributed by atoms with Gasteiger partial charge in [0.25, 0.3) is 0 Å². The Labute approximate surface area is 109 Å². The van der Waals surface area contributed by atoms with Gasteiger partial charge in [0.1, 0.15) is 0 Å². The Balaban J connectivity index is 2.16. The van der Waals surface area contributed by atoms with E-state index in [0.29, 0.717) is 12.5 Å². The first kappa shape index (κ1) is 13.1. The van der Waals surface area contributed by atoms with Gasteiger partial charge < -0.3 is 5.73 Å². The summed E-state index contributed by atoms with van der Waals surface area (Å²) in [5.41, 5.74) is 10.1. The molecule has 1 saturated heterocycles.